The Kier molecular flexibility index (Phi) is 3.82. The van der Waals surface area contributed by atoms with E-state index in [1.54, 1.807) is 0 Å². The molecule has 29 heavy (non-hydrogen) atoms. The van der Waals surface area contributed by atoms with Crippen molar-refractivity contribution >= 4 is 33.1 Å². The van der Waals surface area contributed by atoms with E-state index in [9.17, 15) is 0 Å². The molecule has 0 N–H and O–H groups in total. The monoisotopic (exact) mass is 383 g/mol. The first kappa shape index (κ1) is 17.9. The van der Waals surface area contributed by atoms with Gasteiger partial charge in [0.1, 0.15) is 11.4 Å². The lowest BCUT2D eigenvalue weighted by atomic mass is 9.91. The number of nitrogens with zero attached hydrogens (tertiary/aromatic N) is 3. The predicted octanol–water partition coefficient (Wildman–Crippen LogP) is 6.88. The van der Waals surface area contributed by atoms with Gasteiger partial charge in [0.15, 0.2) is 0 Å². The van der Waals surface area contributed by atoms with E-state index in [0.717, 1.165) is 44.5 Å². The second-order valence-electron chi connectivity index (χ2n) is 8.97. The number of hydrogen-bond donors (Lipinski definition) is 0. The van der Waals surface area contributed by atoms with Gasteiger partial charge < -0.3 is 8.98 Å². The molecule has 0 aliphatic rings. The molecule has 0 aliphatic carbocycles. The molecule has 0 saturated carbocycles. The van der Waals surface area contributed by atoms with E-state index in [2.05, 4.69) is 87.7 Å². The fourth-order valence-electron chi connectivity index (χ4n) is 4.03. The van der Waals surface area contributed by atoms with Crippen LogP contribution >= 0.6 is 0 Å². The van der Waals surface area contributed by atoms with E-state index in [1.807, 2.05) is 6.07 Å². The number of rotatable bonds is 2. The van der Waals surface area contributed by atoms with Crippen molar-refractivity contribution in [3.8, 4) is 11.4 Å². The molecular formula is C25H25N3O. The van der Waals surface area contributed by atoms with E-state index in [4.69, 9.17) is 14.4 Å². The van der Waals surface area contributed by atoms with Gasteiger partial charge in [-0.15, -0.1) is 0 Å². The van der Waals surface area contributed by atoms with Crippen LogP contribution in [-0.4, -0.2) is 14.5 Å². The third kappa shape index (κ3) is 2.74. The highest BCUT2D eigenvalue weighted by Crippen LogP contribution is 2.37. The summed E-state index contributed by atoms with van der Waals surface area (Å²) in [4.78, 5) is 9.79. The van der Waals surface area contributed by atoms with Crippen LogP contribution in [0.1, 0.15) is 46.4 Å². The van der Waals surface area contributed by atoms with Crippen LogP contribution in [0.25, 0.3) is 44.5 Å². The fraction of sp³-hybridized carbons (Fsp3) is 0.280. The van der Waals surface area contributed by atoms with Crippen LogP contribution in [0.15, 0.2) is 59.0 Å². The molecule has 3 aromatic heterocycles. The third-order valence-corrected chi connectivity index (χ3v) is 5.49. The van der Waals surface area contributed by atoms with Crippen molar-refractivity contribution in [3.63, 3.8) is 0 Å². The molecule has 4 nitrogen and oxygen atoms in total. The average Bonchev–Trinajstić information content (AvgIpc) is 3.25. The molecule has 146 valence electrons. The minimum atomic E-state index is -0.0262. The third-order valence-electron chi connectivity index (χ3n) is 5.49. The molecule has 0 spiro atoms. The summed E-state index contributed by atoms with van der Waals surface area (Å²) in [6, 6.07) is 19.1. The van der Waals surface area contributed by atoms with E-state index in [1.165, 1.54) is 0 Å². The summed E-state index contributed by atoms with van der Waals surface area (Å²) in [6.45, 7) is 10.9. The van der Waals surface area contributed by atoms with Crippen LogP contribution in [0.2, 0.25) is 0 Å². The average molecular weight is 383 g/mol. The second-order valence-corrected chi connectivity index (χ2v) is 8.97. The van der Waals surface area contributed by atoms with Gasteiger partial charge in [-0.3, -0.25) is 0 Å². The Hall–Kier alpha value is -3.14. The smallest absolute Gasteiger partial charge is 0.227 e. The molecule has 0 aliphatic heterocycles. The summed E-state index contributed by atoms with van der Waals surface area (Å²) in [6.07, 6.45) is 0. The van der Waals surface area contributed by atoms with Crippen molar-refractivity contribution in [2.75, 3.05) is 0 Å². The van der Waals surface area contributed by atoms with Crippen LogP contribution in [-0.2, 0) is 5.41 Å². The van der Waals surface area contributed by atoms with Crippen molar-refractivity contribution in [1.29, 1.82) is 0 Å². The molecule has 5 rings (SSSR count). The Morgan fingerprint density at radius 2 is 1.66 bits per heavy atom. The fourth-order valence-corrected chi connectivity index (χ4v) is 4.03. The summed E-state index contributed by atoms with van der Waals surface area (Å²) in [5.74, 6) is 0.932. The van der Waals surface area contributed by atoms with Gasteiger partial charge >= 0.3 is 0 Å². The minimum Gasteiger partial charge on any atom is -0.437 e. The Labute approximate surface area is 170 Å². The van der Waals surface area contributed by atoms with Gasteiger partial charge in [0, 0.05) is 27.9 Å². The van der Waals surface area contributed by atoms with Crippen LogP contribution in [0.5, 0.6) is 0 Å². The summed E-state index contributed by atoms with van der Waals surface area (Å²) in [5.41, 5.74) is 5.67. The zero-order valence-corrected chi connectivity index (χ0v) is 17.5. The first-order valence-corrected chi connectivity index (χ1v) is 10.1. The molecular weight excluding hydrogens is 358 g/mol. The number of aromatic nitrogens is 3. The Bertz CT molecular complexity index is 1370. The lowest BCUT2D eigenvalue weighted by Crippen LogP contribution is -2.12. The molecule has 3 heterocycles. The molecule has 0 unspecified atom stereocenters. The van der Waals surface area contributed by atoms with Gasteiger partial charge in [0.2, 0.25) is 5.71 Å². The first-order valence-electron chi connectivity index (χ1n) is 10.1. The number of fused-ring (bicyclic) bond motifs is 4. The highest BCUT2D eigenvalue weighted by atomic mass is 16.3. The van der Waals surface area contributed by atoms with Gasteiger partial charge in [-0.2, -0.15) is 0 Å². The number of hydrogen-bond acceptors (Lipinski definition) is 3. The van der Waals surface area contributed by atoms with Gasteiger partial charge in [0.05, 0.1) is 16.6 Å². The Balaban J connectivity index is 1.83. The maximum atomic E-state index is 6.34. The molecule has 4 heteroatoms. The van der Waals surface area contributed by atoms with E-state index in [0.29, 0.717) is 5.71 Å². The zero-order valence-electron chi connectivity index (χ0n) is 17.5. The largest absolute Gasteiger partial charge is 0.437 e. The van der Waals surface area contributed by atoms with Crippen LogP contribution in [0, 0.1) is 0 Å². The first-order chi connectivity index (χ1) is 13.8. The van der Waals surface area contributed by atoms with Crippen molar-refractivity contribution in [3.05, 3.63) is 60.3 Å². The number of benzene rings is 2. The Morgan fingerprint density at radius 3 is 2.41 bits per heavy atom. The van der Waals surface area contributed by atoms with Gasteiger partial charge in [-0.05, 0) is 44.2 Å². The van der Waals surface area contributed by atoms with E-state index >= 15 is 0 Å². The summed E-state index contributed by atoms with van der Waals surface area (Å²) in [5, 5.41) is 2.12. The normalized spacial score (nSPS) is 12.6. The summed E-state index contributed by atoms with van der Waals surface area (Å²) in [7, 11) is 0. The zero-order chi connectivity index (χ0) is 20.3. The van der Waals surface area contributed by atoms with Crippen LogP contribution < -0.4 is 0 Å². The summed E-state index contributed by atoms with van der Waals surface area (Å²) < 4.78 is 8.62. The topological polar surface area (TPSA) is 43.9 Å². The molecule has 0 atom stereocenters. The maximum absolute atomic E-state index is 6.34. The number of imidazole rings is 1. The van der Waals surface area contributed by atoms with Crippen molar-refractivity contribution in [1.82, 2.24) is 14.5 Å². The van der Waals surface area contributed by atoms with Crippen molar-refractivity contribution < 1.29 is 4.42 Å². The maximum Gasteiger partial charge on any atom is 0.227 e. The molecule has 2 aromatic carbocycles. The van der Waals surface area contributed by atoms with E-state index in [-0.39, 0.29) is 11.5 Å². The van der Waals surface area contributed by atoms with Crippen molar-refractivity contribution in [2.45, 2.75) is 46.1 Å². The number of pyridine rings is 1. The van der Waals surface area contributed by atoms with Gasteiger partial charge in [-0.25, -0.2) is 9.97 Å². The Morgan fingerprint density at radius 1 is 0.862 bits per heavy atom. The summed E-state index contributed by atoms with van der Waals surface area (Å²) >= 11 is 0. The number of furan rings is 1. The van der Waals surface area contributed by atoms with Crippen LogP contribution in [0.4, 0.5) is 0 Å². The molecule has 5 aromatic rings. The minimum absolute atomic E-state index is 0.0262. The quantitative estimate of drug-likeness (QED) is 0.334. The molecule has 0 amide bonds. The second kappa shape index (κ2) is 6.18. The standard InChI is InChI=1S/C25H25N3O/c1-15(2)28-20-12-7-6-11-19(20)26-23(28)18-10-8-9-16-17-13-14-21(25(3,4)5)27-24(17)29-22(16)18/h6-15H,1-5H3. The SMILES string of the molecule is CC(C)n1c(-c2cccc3c2oc2nc(C(C)(C)C)ccc23)nc2ccccc21. The molecule has 0 radical (unpaired) electrons. The molecule has 0 fully saturated rings. The van der Waals surface area contributed by atoms with Gasteiger partial charge in [-0.1, -0.05) is 45.0 Å². The van der Waals surface area contributed by atoms with Crippen LogP contribution in [0.3, 0.4) is 0 Å². The highest BCUT2D eigenvalue weighted by molar-refractivity contribution is 6.08. The number of para-hydroxylation sites is 3. The van der Waals surface area contributed by atoms with Crippen molar-refractivity contribution in [2.24, 2.45) is 0 Å². The highest BCUT2D eigenvalue weighted by Gasteiger charge is 2.21. The lowest BCUT2D eigenvalue weighted by molar-refractivity contribution is 0.562. The lowest BCUT2D eigenvalue weighted by Gasteiger charge is -2.16. The molecule has 0 bridgehead atoms. The van der Waals surface area contributed by atoms with E-state index < -0.39 is 0 Å². The predicted molar refractivity (Wildman–Crippen MR) is 119 cm³/mol. The molecule has 0 saturated heterocycles. The van der Waals surface area contributed by atoms with Gasteiger partial charge in [0.25, 0.3) is 0 Å².